The maximum absolute atomic E-state index is 13.7. The molecule has 1 aliphatic rings. The SMILES string of the molecule is CCNC1CCC(C)(Cc2ccc(OC)c(F)c2)C1. The zero-order valence-electron chi connectivity index (χ0n) is 12.1. The summed E-state index contributed by atoms with van der Waals surface area (Å²) in [6.45, 7) is 5.49. The average Bonchev–Trinajstić information content (AvgIpc) is 2.71. The quantitative estimate of drug-likeness (QED) is 0.879. The van der Waals surface area contributed by atoms with Crippen molar-refractivity contribution in [3.05, 3.63) is 29.6 Å². The van der Waals surface area contributed by atoms with Gasteiger partial charge in [0.15, 0.2) is 11.6 Å². The molecule has 0 heterocycles. The largest absolute Gasteiger partial charge is 0.494 e. The first kappa shape index (κ1) is 14.3. The van der Waals surface area contributed by atoms with Crippen molar-refractivity contribution in [3.63, 3.8) is 0 Å². The number of rotatable bonds is 5. The van der Waals surface area contributed by atoms with Crippen LogP contribution in [0.25, 0.3) is 0 Å². The molecule has 1 saturated carbocycles. The number of benzene rings is 1. The molecular weight excluding hydrogens is 241 g/mol. The lowest BCUT2D eigenvalue weighted by Gasteiger charge is -2.24. The van der Waals surface area contributed by atoms with Crippen molar-refractivity contribution >= 4 is 0 Å². The fourth-order valence-electron chi connectivity index (χ4n) is 3.26. The fourth-order valence-corrected chi connectivity index (χ4v) is 3.26. The van der Waals surface area contributed by atoms with Crippen molar-refractivity contribution in [1.82, 2.24) is 5.32 Å². The summed E-state index contributed by atoms with van der Waals surface area (Å²) < 4.78 is 18.7. The first-order valence-corrected chi connectivity index (χ1v) is 7.12. The molecule has 2 unspecified atom stereocenters. The van der Waals surface area contributed by atoms with E-state index in [1.54, 1.807) is 12.1 Å². The minimum absolute atomic E-state index is 0.259. The molecular formula is C16H24FNO. The molecule has 1 aliphatic carbocycles. The number of methoxy groups -OCH3 is 1. The third-order valence-electron chi connectivity index (χ3n) is 4.18. The summed E-state index contributed by atoms with van der Waals surface area (Å²) >= 11 is 0. The number of ether oxygens (including phenoxy) is 1. The molecule has 2 atom stereocenters. The lowest BCUT2D eigenvalue weighted by atomic mass is 9.82. The predicted molar refractivity (Wildman–Crippen MR) is 76.1 cm³/mol. The second-order valence-electron chi connectivity index (χ2n) is 5.95. The van der Waals surface area contributed by atoms with Crippen LogP contribution in [0.4, 0.5) is 4.39 Å². The minimum atomic E-state index is -0.259. The third kappa shape index (κ3) is 3.47. The number of nitrogens with one attached hydrogen (secondary N) is 1. The molecule has 19 heavy (non-hydrogen) atoms. The molecule has 0 aliphatic heterocycles. The Bertz CT molecular complexity index is 435. The summed E-state index contributed by atoms with van der Waals surface area (Å²) in [5.74, 6) is 0.0654. The van der Waals surface area contributed by atoms with Crippen LogP contribution in [0.3, 0.4) is 0 Å². The van der Waals surface area contributed by atoms with Gasteiger partial charge in [-0.1, -0.05) is 19.9 Å². The Balaban J connectivity index is 2.03. The van der Waals surface area contributed by atoms with Crippen LogP contribution in [0.2, 0.25) is 0 Å². The molecule has 0 bridgehead atoms. The van der Waals surface area contributed by atoms with Crippen LogP contribution in [0.5, 0.6) is 5.75 Å². The van der Waals surface area contributed by atoms with Crippen LogP contribution in [-0.2, 0) is 6.42 Å². The highest BCUT2D eigenvalue weighted by Gasteiger charge is 2.34. The predicted octanol–water partition coefficient (Wildman–Crippen LogP) is 3.55. The molecule has 0 amide bonds. The van der Waals surface area contributed by atoms with Crippen LogP contribution in [0, 0.1) is 11.2 Å². The van der Waals surface area contributed by atoms with E-state index < -0.39 is 0 Å². The monoisotopic (exact) mass is 265 g/mol. The Hall–Kier alpha value is -1.09. The molecule has 106 valence electrons. The second kappa shape index (κ2) is 5.91. The summed E-state index contributed by atoms with van der Waals surface area (Å²) in [6, 6.07) is 5.95. The summed E-state index contributed by atoms with van der Waals surface area (Å²) in [5, 5.41) is 3.52. The van der Waals surface area contributed by atoms with Crippen LogP contribution in [-0.4, -0.2) is 19.7 Å². The van der Waals surface area contributed by atoms with Crippen LogP contribution in [0.15, 0.2) is 18.2 Å². The Labute approximate surface area is 115 Å². The Morgan fingerprint density at radius 1 is 1.47 bits per heavy atom. The zero-order chi connectivity index (χ0) is 13.9. The molecule has 0 aromatic heterocycles. The summed E-state index contributed by atoms with van der Waals surface area (Å²) in [5.41, 5.74) is 1.35. The normalized spacial score (nSPS) is 26.6. The maximum atomic E-state index is 13.7. The summed E-state index contributed by atoms with van der Waals surface area (Å²) in [4.78, 5) is 0. The van der Waals surface area contributed by atoms with E-state index in [0.29, 0.717) is 11.8 Å². The highest BCUT2D eigenvalue weighted by atomic mass is 19.1. The van der Waals surface area contributed by atoms with Crippen LogP contribution in [0.1, 0.15) is 38.7 Å². The molecule has 1 fully saturated rings. The van der Waals surface area contributed by atoms with E-state index in [1.807, 2.05) is 6.07 Å². The molecule has 1 aromatic rings. The van der Waals surface area contributed by atoms with Gasteiger partial charge in [-0.3, -0.25) is 0 Å². The Morgan fingerprint density at radius 2 is 2.26 bits per heavy atom. The molecule has 0 saturated heterocycles. The average molecular weight is 265 g/mol. The number of hydrogen-bond donors (Lipinski definition) is 1. The van der Waals surface area contributed by atoms with Gasteiger partial charge in [0, 0.05) is 6.04 Å². The van der Waals surface area contributed by atoms with Gasteiger partial charge in [-0.05, 0) is 55.3 Å². The lowest BCUT2D eigenvalue weighted by molar-refractivity contribution is 0.321. The molecule has 0 radical (unpaired) electrons. The highest BCUT2D eigenvalue weighted by molar-refractivity contribution is 5.30. The third-order valence-corrected chi connectivity index (χ3v) is 4.18. The van der Waals surface area contributed by atoms with Crippen LogP contribution < -0.4 is 10.1 Å². The first-order valence-electron chi connectivity index (χ1n) is 7.12. The van der Waals surface area contributed by atoms with Gasteiger partial charge < -0.3 is 10.1 Å². The molecule has 2 nitrogen and oxygen atoms in total. The van der Waals surface area contributed by atoms with E-state index in [2.05, 4.69) is 19.2 Å². The zero-order valence-corrected chi connectivity index (χ0v) is 12.1. The van der Waals surface area contributed by atoms with E-state index in [0.717, 1.165) is 18.5 Å². The van der Waals surface area contributed by atoms with Gasteiger partial charge in [-0.2, -0.15) is 0 Å². The van der Waals surface area contributed by atoms with Gasteiger partial charge in [-0.15, -0.1) is 0 Å². The lowest BCUT2D eigenvalue weighted by Crippen LogP contribution is -2.28. The van der Waals surface area contributed by atoms with Crippen LogP contribution >= 0.6 is 0 Å². The van der Waals surface area contributed by atoms with Crippen molar-refractivity contribution in [3.8, 4) is 5.75 Å². The van der Waals surface area contributed by atoms with E-state index in [9.17, 15) is 4.39 Å². The van der Waals surface area contributed by atoms with Gasteiger partial charge in [0.05, 0.1) is 7.11 Å². The van der Waals surface area contributed by atoms with E-state index >= 15 is 0 Å². The highest BCUT2D eigenvalue weighted by Crippen LogP contribution is 2.40. The standard InChI is InChI=1S/C16H24FNO/c1-4-18-13-7-8-16(2,11-13)10-12-5-6-15(19-3)14(17)9-12/h5-6,9,13,18H,4,7-8,10-11H2,1-3H3. The van der Waals surface area contributed by atoms with E-state index in [4.69, 9.17) is 4.74 Å². The van der Waals surface area contributed by atoms with Crippen molar-refractivity contribution < 1.29 is 9.13 Å². The van der Waals surface area contributed by atoms with Gasteiger partial charge in [0.25, 0.3) is 0 Å². The number of hydrogen-bond acceptors (Lipinski definition) is 2. The maximum Gasteiger partial charge on any atom is 0.165 e. The van der Waals surface area contributed by atoms with Crippen molar-refractivity contribution in [1.29, 1.82) is 0 Å². The number of halogens is 1. The summed E-state index contributed by atoms with van der Waals surface area (Å²) in [7, 11) is 1.50. The molecule has 3 heteroatoms. The van der Waals surface area contributed by atoms with Gasteiger partial charge in [0.1, 0.15) is 0 Å². The van der Waals surface area contributed by atoms with Crippen molar-refractivity contribution in [2.24, 2.45) is 5.41 Å². The van der Waals surface area contributed by atoms with E-state index in [-0.39, 0.29) is 11.2 Å². The topological polar surface area (TPSA) is 21.3 Å². The first-order chi connectivity index (χ1) is 9.06. The van der Waals surface area contributed by atoms with Gasteiger partial charge >= 0.3 is 0 Å². The summed E-state index contributed by atoms with van der Waals surface area (Å²) in [6.07, 6.45) is 4.55. The molecule has 2 rings (SSSR count). The van der Waals surface area contributed by atoms with Gasteiger partial charge in [-0.25, -0.2) is 4.39 Å². The fraction of sp³-hybridized carbons (Fsp3) is 0.625. The molecule has 1 N–H and O–H groups in total. The van der Waals surface area contributed by atoms with Gasteiger partial charge in [0.2, 0.25) is 0 Å². The van der Waals surface area contributed by atoms with Crippen molar-refractivity contribution in [2.75, 3.05) is 13.7 Å². The second-order valence-corrected chi connectivity index (χ2v) is 5.95. The smallest absolute Gasteiger partial charge is 0.165 e. The van der Waals surface area contributed by atoms with E-state index in [1.165, 1.54) is 26.4 Å². The molecule has 1 aromatic carbocycles. The molecule has 0 spiro atoms. The Morgan fingerprint density at radius 3 is 2.89 bits per heavy atom. The Kier molecular flexibility index (Phi) is 4.46. The van der Waals surface area contributed by atoms with Crippen molar-refractivity contribution in [2.45, 2.75) is 45.6 Å². The minimum Gasteiger partial charge on any atom is -0.494 e.